The van der Waals surface area contributed by atoms with Crippen LogP contribution < -0.4 is 20.4 Å². The Hall–Kier alpha value is -3.44. The van der Waals surface area contributed by atoms with Crippen LogP contribution in [0.5, 0.6) is 0 Å². The van der Waals surface area contributed by atoms with Crippen molar-refractivity contribution in [3.05, 3.63) is 54.1 Å². The van der Waals surface area contributed by atoms with Gasteiger partial charge in [0.05, 0.1) is 16.0 Å². The second-order valence-electron chi connectivity index (χ2n) is 10.2. The SMILES string of the molecule is O=C(CSc1nc2ccc(Nc3nc(N4CCCCC4)nc(N4CCCCC4)n3)cc2s1)NCc1ccccc1. The standard InChI is InChI=1S/C29H34N8OS2/c38-25(30-19-21-10-4-1-5-11-21)20-39-29-32-23-13-12-22(18-24(23)40-29)31-26-33-27(36-14-6-2-7-15-36)35-28(34-26)37-16-8-3-9-17-37/h1,4-5,10-13,18H,2-3,6-9,14-17,19-20H2,(H,30,38)(H,31,33,34,35). The smallest absolute Gasteiger partial charge is 0.233 e. The van der Waals surface area contributed by atoms with E-state index in [4.69, 9.17) is 19.9 Å². The Labute approximate surface area is 242 Å². The molecule has 0 unspecified atom stereocenters. The van der Waals surface area contributed by atoms with Gasteiger partial charge in [-0.25, -0.2) is 4.98 Å². The molecular formula is C29H34N8OS2. The molecule has 2 aliphatic rings. The van der Waals surface area contributed by atoms with Gasteiger partial charge >= 0.3 is 0 Å². The highest BCUT2D eigenvalue weighted by atomic mass is 32.2. The van der Waals surface area contributed by atoms with Crippen LogP contribution in [0.15, 0.2) is 52.9 Å². The molecule has 40 heavy (non-hydrogen) atoms. The summed E-state index contributed by atoms with van der Waals surface area (Å²) in [5.74, 6) is 2.44. The van der Waals surface area contributed by atoms with Crippen molar-refractivity contribution < 1.29 is 4.79 Å². The first-order valence-corrected chi connectivity index (χ1v) is 15.9. The molecule has 0 saturated carbocycles. The minimum absolute atomic E-state index is 0.000630. The largest absolute Gasteiger partial charge is 0.351 e. The number of anilines is 4. The van der Waals surface area contributed by atoms with Crippen LogP contribution in [0.3, 0.4) is 0 Å². The zero-order valence-corrected chi connectivity index (χ0v) is 24.1. The number of piperidine rings is 2. The Morgan fingerprint density at radius 2 is 1.50 bits per heavy atom. The minimum Gasteiger partial charge on any atom is -0.351 e. The van der Waals surface area contributed by atoms with Crippen LogP contribution in [-0.2, 0) is 11.3 Å². The zero-order chi connectivity index (χ0) is 27.1. The molecule has 2 aromatic carbocycles. The number of thiazole rings is 1. The van der Waals surface area contributed by atoms with Gasteiger partial charge in [0.25, 0.3) is 0 Å². The predicted molar refractivity (Wildman–Crippen MR) is 164 cm³/mol. The first-order chi connectivity index (χ1) is 19.7. The van der Waals surface area contributed by atoms with Crippen molar-refractivity contribution in [3.63, 3.8) is 0 Å². The van der Waals surface area contributed by atoms with Crippen molar-refractivity contribution in [2.75, 3.05) is 47.0 Å². The highest BCUT2D eigenvalue weighted by molar-refractivity contribution is 8.01. The van der Waals surface area contributed by atoms with E-state index in [0.717, 1.165) is 63.9 Å². The Kier molecular flexibility index (Phi) is 8.58. The second-order valence-corrected chi connectivity index (χ2v) is 12.4. The first kappa shape index (κ1) is 26.8. The van der Waals surface area contributed by atoms with Gasteiger partial charge in [-0.05, 0) is 62.3 Å². The van der Waals surface area contributed by atoms with Gasteiger partial charge in [0.2, 0.25) is 23.8 Å². The summed E-state index contributed by atoms with van der Waals surface area (Å²) in [5.41, 5.74) is 2.92. The molecule has 11 heteroatoms. The van der Waals surface area contributed by atoms with Crippen LogP contribution in [0.25, 0.3) is 10.2 Å². The van der Waals surface area contributed by atoms with Gasteiger partial charge in [-0.15, -0.1) is 11.3 Å². The van der Waals surface area contributed by atoms with Gasteiger partial charge in [-0.2, -0.15) is 15.0 Å². The third-order valence-corrected chi connectivity index (χ3v) is 9.33. The van der Waals surface area contributed by atoms with Gasteiger partial charge in [0.15, 0.2) is 4.34 Å². The molecule has 0 atom stereocenters. The summed E-state index contributed by atoms with van der Waals surface area (Å²) in [5, 5.41) is 6.42. The fourth-order valence-corrected chi connectivity index (χ4v) is 6.96. The topological polar surface area (TPSA) is 99.2 Å². The second kappa shape index (κ2) is 12.8. The lowest BCUT2D eigenvalue weighted by atomic mass is 10.1. The molecule has 4 heterocycles. The number of fused-ring (bicyclic) bond motifs is 1. The summed E-state index contributed by atoms with van der Waals surface area (Å²) in [4.78, 5) is 36.2. The monoisotopic (exact) mass is 574 g/mol. The molecule has 6 rings (SSSR count). The van der Waals surface area contributed by atoms with Crippen molar-refractivity contribution in [1.82, 2.24) is 25.3 Å². The van der Waals surface area contributed by atoms with Crippen molar-refractivity contribution >= 4 is 62.8 Å². The number of benzene rings is 2. The lowest BCUT2D eigenvalue weighted by molar-refractivity contribution is -0.118. The molecule has 4 aromatic rings. The normalized spacial score (nSPS) is 15.8. The maximum absolute atomic E-state index is 12.4. The van der Waals surface area contributed by atoms with Gasteiger partial charge in [0, 0.05) is 38.4 Å². The maximum atomic E-state index is 12.4. The van der Waals surface area contributed by atoms with Crippen molar-refractivity contribution in [3.8, 4) is 0 Å². The average Bonchev–Trinajstić information content (AvgIpc) is 3.42. The summed E-state index contributed by atoms with van der Waals surface area (Å²) < 4.78 is 1.93. The van der Waals surface area contributed by atoms with Crippen LogP contribution in [0.2, 0.25) is 0 Å². The Morgan fingerprint density at radius 1 is 0.825 bits per heavy atom. The number of nitrogens with one attached hydrogen (secondary N) is 2. The van der Waals surface area contributed by atoms with Crippen molar-refractivity contribution in [1.29, 1.82) is 0 Å². The van der Waals surface area contributed by atoms with Gasteiger partial charge < -0.3 is 20.4 Å². The number of amides is 1. The summed E-state index contributed by atoms with van der Waals surface area (Å²) in [6.07, 6.45) is 7.21. The molecule has 1 amide bonds. The molecule has 0 bridgehead atoms. The molecule has 0 radical (unpaired) electrons. The molecule has 9 nitrogen and oxygen atoms in total. The lowest BCUT2D eigenvalue weighted by Gasteiger charge is -2.30. The summed E-state index contributed by atoms with van der Waals surface area (Å²) in [6, 6.07) is 16.0. The number of carbonyl (C=O) groups excluding carboxylic acids is 1. The number of aromatic nitrogens is 4. The van der Waals surface area contributed by atoms with E-state index in [1.54, 1.807) is 11.3 Å². The third kappa shape index (κ3) is 6.82. The highest BCUT2D eigenvalue weighted by Crippen LogP contribution is 2.32. The Bertz CT molecular complexity index is 1400. The van der Waals surface area contributed by atoms with Crippen LogP contribution >= 0.6 is 23.1 Å². The van der Waals surface area contributed by atoms with E-state index in [1.807, 2.05) is 42.5 Å². The predicted octanol–water partition coefficient (Wildman–Crippen LogP) is 5.61. The van der Waals surface area contributed by atoms with Gasteiger partial charge in [-0.3, -0.25) is 4.79 Å². The highest BCUT2D eigenvalue weighted by Gasteiger charge is 2.20. The number of hydrogen-bond acceptors (Lipinski definition) is 10. The number of rotatable bonds is 9. The average molecular weight is 575 g/mol. The molecule has 2 aliphatic heterocycles. The molecule has 2 fully saturated rings. The van der Waals surface area contributed by atoms with E-state index in [0.29, 0.717) is 18.2 Å². The maximum Gasteiger partial charge on any atom is 0.233 e. The summed E-state index contributed by atoms with van der Waals surface area (Å²) in [7, 11) is 0. The Morgan fingerprint density at radius 3 is 2.17 bits per heavy atom. The van der Waals surface area contributed by atoms with Crippen LogP contribution in [0, 0.1) is 0 Å². The number of hydrogen-bond donors (Lipinski definition) is 2. The van der Waals surface area contributed by atoms with E-state index < -0.39 is 0 Å². The van der Waals surface area contributed by atoms with Crippen molar-refractivity contribution in [2.45, 2.75) is 49.4 Å². The minimum atomic E-state index is -0.000630. The van der Waals surface area contributed by atoms with Crippen LogP contribution in [0.4, 0.5) is 23.5 Å². The third-order valence-electron chi connectivity index (χ3n) is 7.17. The number of carbonyl (C=O) groups is 1. The number of nitrogens with zero attached hydrogens (tertiary/aromatic N) is 6. The summed E-state index contributed by atoms with van der Waals surface area (Å²) in [6.45, 7) is 4.48. The fourth-order valence-electron chi connectivity index (χ4n) is 5.03. The van der Waals surface area contributed by atoms with E-state index in [1.165, 1.54) is 50.3 Å². The van der Waals surface area contributed by atoms with Crippen molar-refractivity contribution in [2.24, 2.45) is 0 Å². The van der Waals surface area contributed by atoms with E-state index in [9.17, 15) is 4.79 Å². The van der Waals surface area contributed by atoms with Gasteiger partial charge in [-0.1, -0.05) is 42.1 Å². The van der Waals surface area contributed by atoms with E-state index in [2.05, 4.69) is 26.5 Å². The fraction of sp³-hybridized carbons (Fsp3) is 0.414. The first-order valence-electron chi connectivity index (χ1n) is 14.1. The zero-order valence-electron chi connectivity index (χ0n) is 22.5. The van der Waals surface area contributed by atoms with Crippen LogP contribution in [0.1, 0.15) is 44.1 Å². The molecule has 2 saturated heterocycles. The quantitative estimate of drug-likeness (QED) is 0.247. The van der Waals surface area contributed by atoms with E-state index in [-0.39, 0.29) is 5.91 Å². The molecular weight excluding hydrogens is 541 g/mol. The van der Waals surface area contributed by atoms with E-state index >= 15 is 0 Å². The molecule has 2 N–H and O–H groups in total. The Balaban J connectivity index is 1.14. The molecule has 2 aromatic heterocycles. The summed E-state index contributed by atoms with van der Waals surface area (Å²) >= 11 is 3.06. The molecule has 0 aliphatic carbocycles. The van der Waals surface area contributed by atoms with Crippen LogP contribution in [-0.4, -0.2) is 57.8 Å². The molecule has 0 spiro atoms. The number of thioether (sulfide) groups is 1. The van der Waals surface area contributed by atoms with Gasteiger partial charge in [0.1, 0.15) is 0 Å². The molecule has 208 valence electrons. The lowest BCUT2D eigenvalue weighted by Crippen LogP contribution is -2.34.